The van der Waals surface area contributed by atoms with Gasteiger partial charge in [0.05, 0.1) is 6.26 Å². The van der Waals surface area contributed by atoms with E-state index in [-0.39, 0.29) is 17.4 Å². The maximum atomic E-state index is 11.7. The summed E-state index contributed by atoms with van der Waals surface area (Å²) in [6, 6.07) is 3.25. The SMILES string of the molecule is CC(C)(C)C(CN)NC(=O)c1ccco1. The normalized spacial score (nSPS) is 13.6. The van der Waals surface area contributed by atoms with Gasteiger partial charge in [-0.3, -0.25) is 4.79 Å². The Kier molecular flexibility index (Phi) is 3.52. The fourth-order valence-electron chi connectivity index (χ4n) is 1.27. The summed E-state index contributed by atoms with van der Waals surface area (Å²) in [6.07, 6.45) is 1.48. The van der Waals surface area contributed by atoms with Gasteiger partial charge in [-0.15, -0.1) is 0 Å². The van der Waals surface area contributed by atoms with Gasteiger partial charge in [-0.05, 0) is 17.5 Å². The van der Waals surface area contributed by atoms with E-state index in [1.807, 2.05) is 20.8 Å². The molecule has 0 spiro atoms. The molecule has 4 nitrogen and oxygen atoms in total. The lowest BCUT2D eigenvalue weighted by Crippen LogP contribution is -2.48. The van der Waals surface area contributed by atoms with Crippen LogP contribution in [0.15, 0.2) is 22.8 Å². The van der Waals surface area contributed by atoms with Crippen molar-refractivity contribution in [3.63, 3.8) is 0 Å². The highest BCUT2D eigenvalue weighted by atomic mass is 16.3. The Morgan fingerprint density at radius 2 is 2.27 bits per heavy atom. The van der Waals surface area contributed by atoms with Crippen molar-refractivity contribution in [2.45, 2.75) is 26.8 Å². The summed E-state index contributed by atoms with van der Waals surface area (Å²) in [6.45, 7) is 6.52. The van der Waals surface area contributed by atoms with Gasteiger partial charge in [0, 0.05) is 12.6 Å². The molecule has 0 saturated heterocycles. The zero-order valence-corrected chi connectivity index (χ0v) is 9.41. The number of carbonyl (C=O) groups excluding carboxylic acids is 1. The van der Waals surface area contributed by atoms with Gasteiger partial charge in [-0.25, -0.2) is 0 Å². The molecule has 0 aliphatic carbocycles. The smallest absolute Gasteiger partial charge is 0.287 e. The number of carbonyl (C=O) groups is 1. The zero-order chi connectivity index (χ0) is 11.5. The second-order valence-electron chi connectivity index (χ2n) is 4.61. The predicted molar refractivity (Wildman–Crippen MR) is 58.5 cm³/mol. The molecule has 1 aromatic heterocycles. The largest absolute Gasteiger partial charge is 0.459 e. The van der Waals surface area contributed by atoms with Gasteiger partial charge in [-0.2, -0.15) is 0 Å². The van der Waals surface area contributed by atoms with Crippen LogP contribution >= 0.6 is 0 Å². The molecule has 0 radical (unpaired) electrons. The average Bonchev–Trinajstić information content (AvgIpc) is 2.64. The summed E-state index contributed by atoms with van der Waals surface area (Å²) < 4.78 is 5.00. The summed E-state index contributed by atoms with van der Waals surface area (Å²) in [4.78, 5) is 11.7. The van der Waals surface area contributed by atoms with Gasteiger partial charge in [0.1, 0.15) is 0 Å². The van der Waals surface area contributed by atoms with Crippen LogP contribution < -0.4 is 11.1 Å². The van der Waals surface area contributed by atoms with Crippen LogP contribution in [-0.2, 0) is 0 Å². The van der Waals surface area contributed by atoms with Gasteiger partial charge in [0.15, 0.2) is 5.76 Å². The molecule has 1 rings (SSSR count). The molecule has 1 atom stereocenters. The first-order valence-electron chi connectivity index (χ1n) is 4.99. The minimum Gasteiger partial charge on any atom is -0.459 e. The van der Waals surface area contributed by atoms with Crippen molar-refractivity contribution in [2.75, 3.05) is 6.54 Å². The van der Waals surface area contributed by atoms with Crippen molar-refractivity contribution in [1.82, 2.24) is 5.32 Å². The molecule has 1 aromatic rings. The third kappa shape index (κ3) is 3.09. The fraction of sp³-hybridized carbons (Fsp3) is 0.545. The molecule has 1 unspecified atom stereocenters. The minimum atomic E-state index is -0.217. The van der Waals surface area contributed by atoms with Crippen LogP contribution in [-0.4, -0.2) is 18.5 Å². The number of hydrogen-bond acceptors (Lipinski definition) is 3. The monoisotopic (exact) mass is 210 g/mol. The Bertz CT molecular complexity index is 312. The van der Waals surface area contributed by atoms with Crippen LogP contribution in [0, 0.1) is 5.41 Å². The number of furan rings is 1. The first kappa shape index (κ1) is 11.8. The molecule has 1 amide bonds. The van der Waals surface area contributed by atoms with E-state index in [1.165, 1.54) is 6.26 Å². The summed E-state index contributed by atoms with van der Waals surface area (Å²) in [5.74, 6) is 0.100. The molecule has 15 heavy (non-hydrogen) atoms. The van der Waals surface area contributed by atoms with E-state index >= 15 is 0 Å². The summed E-state index contributed by atoms with van der Waals surface area (Å²) in [7, 11) is 0. The quantitative estimate of drug-likeness (QED) is 0.792. The second kappa shape index (κ2) is 4.49. The molecule has 0 aromatic carbocycles. The molecular weight excluding hydrogens is 192 g/mol. The lowest BCUT2D eigenvalue weighted by molar-refractivity contribution is 0.0877. The summed E-state index contributed by atoms with van der Waals surface area (Å²) in [5, 5.41) is 2.85. The molecule has 0 aliphatic rings. The van der Waals surface area contributed by atoms with Crippen LogP contribution in [0.1, 0.15) is 31.3 Å². The van der Waals surface area contributed by atoms with Crippen LogP contribution in [0.2, 0.25) is 0 Å². The van der Waals surface area contributed by atoms with Gasteiger partial charge >= 0.3 is 0 Å². The summed E-state index contributed by atoms with van der Waals surface area (Å²) in [5.41, 5.74) is 5.56. The summed E-state index contributed by atoms with van der Waals surface area (Å²) >= 11 is 0. The lowest BCUT2D eigenvalue weighted by atomic mass is 9.87. The first-order valence-corrected chi connectivity index (χ1v) is 4.99. The highest BCUT2D eigenvalue weighted by Crippen LogP contribution is 2.18. The van der Waals surface area contributed by atoms with E-state index in [1.54, 1.807) is 12.1 Å². The molecule has 0 saturated carbocycles. The van der Waals surface area contributed by atoms with Crippen LogP contribution in [0.3, 0.4) is 0 Å². The second-order valence-corrected chi connectivity index (χ2v) is 4.61. The Morgan fingerprint density at radius 3 is 2.67 bits per heavy atom. The molecule has 0 fully saturated rings. The van der Waals surface area contributed by atoms with E-state index in [4.69, 9.17) is 10.2 Å². The minimum absolute atomic E-state index is 0.0585. The Hall–Kier alpha value is -1.29. The van der Waals surface area contributed by atoms with E-state index < -0.39 is 0 Å². The molecule has 1 heterocycles. The van der Waals surface area contributed by atoms with Gasteiger partial charge in [-0.1, -0.05) is 20.8 Å². The Balaban J connectivity index is 2.65. The maximum absolute atomic E-state index is 11.7. The van der Waals surface area contributed by atoms with Gasteiger partial charge in [0.2, 0.25) is 0 Å². The van der Waals surface area contributed by atoms with Gasteiger partial charge < -0.3 is 15.5 Å². The number of rotatable bonds is 3. The third-order valence-electron chi connectivity index (χ3n) is 2.33. The van der Waals surface area contributed by atoms with Crippen LogP contribution in [0.5, 0.6) is 0 Å². The van der Waals surface area contributed by atoms with Crippen molar-refractivity contribution in [3.05, 3.63) is 24.2 Å². The van der Waals surface area contributed by atoms with Crippen molar-refractivity contribution >= 4 is 5.91 Å². The molecule has 84 valence electrons. The Labute approximate surface area is 89.8 Å². The Morgan fingerprint density at radius 1 is 1.60 bits per heavy atom. The van der Waals surface area contributed by atoms with E-state index in [9.17, 15) is 4.79 Å². The molecular formula is C11H18N2O2. The predicted octanol–water partition coefficient (Wildman–Crippen LogP) is 1.38. The molecule has 0 aliphatic heterocycles. The maximum Gasteiger partial charge on any atom is 0.287 e. The van der Waals surface area contributed by atoms with Gasteiger partial charge in [0.25, 0.3) is 5.91 Å². The molecule has 3 N–H and O–H groups in total. The highest BCUT2D eigenvalue weighted by Gasteiger charge is 2.25. The van der Waals surface area contributed by atoms with E-state index in [2.05, 4.69) is 5.32 Å². The third-order valence-corrected chi connectivity index (χ3v) is 2.33. The average molecular weight is 210 g/mol. The topological polar surface area (TPSA) is 68.3 Å². The lowest BCUT2D eigenvalue weighted by Gasteiger charge is -2.29. The van der Waals surface area contributed by atoms with Crippen molar-refractivity contribution in [3.8, 4) is 0 Å². The number of nitrogens with one attached hydrogen (secondary N) is 1. The number of hydrogen-bond donors (Lipinski definition) is 2. The van der Waals surface area contributed by atoms with E-state index in [0.29, 0.717) is 12.3 Å². The van der Waals surface area contributed by atoms with E-state index in [0.717, 1.165) is 0 Å². The van der Waals surface area contributed by atoms with Crippen LogP contribution in [0.4, 0.5) is 0 Å². The molecule has 4 heteroatoms. The number of nitrogens with two attached hydrogens (primary N) is 1. The highest BCUT2D eigenvalue weighted by molar-refractivity contribution is 5.91. The van der Waals surface area contributed by atoms with Crippen molar-refractivity contribution < 1.29 is 9.21 Å². The number of amides is 1. The fourth-order valence-corrected chi connectivity index (χ4v) is 1.27. The van der Waals surface area contributed by atoms with Crippen molar-refractivity contribution in [1.29, 1.82) is 0 Å². The zero-order valence-electron chi connectivity index (χ0n) is 9.41. The standard InChI is InChI=1S/C11H18N2O2/c1-11(2,3)9(7-12)13-10(14)8-5-4-6-15-8/h4-6,9H,7,12H2,1-3H3,(H,13,14). The van der Waals surface area contributed by atoms with Crippen molar-refractivity contribution in [2.24, 2.45) is 11.1 Å². The molecule has 0 bridgehead atoms. The first-order chi connectivity index (χ1) is 6.95. The van der Waals surface area contributed by atoms with Crippen LogP contribution in [0.25, 0.3) is 0 Å².